The zero-order valence-corrected chi connectivity index (χ0v) is 5.69. The first kappa shape index (κ1) is 429. The summed E-state index contributed by atoms with van der Waals surface area (Å²) in [6.07, 6.45) is 0. The van der Waals surface area contributed by atoms with Gasteiger partial charge in [0, 0.05) is 14.9 Å². The largest absolute Gasteiger partial charge is 3.00 e. The van der Waals surface area contributed by atoms with Crippen LogP contribution in [-0.2, 0) is 16.4 Å². The van der Waals surface area contributed by atoms with Crippen LogP contribution in [0.3, 0.4) is 0 Å². The Balaban J connectivity index is 0. The molecular formula is C2Al2O3. The topological polar surface area (TPSA) is 85.5 Å². The molecule has 0 N–H and O–H groups in total. The smallest absolute Gasteiger partial charge is 2.00 e. The zero-order chi connectivity index (χ0) is 0. The van der Waals surface area contributed by atoms with Crippen LogP contribution < -0.4 is 0 Å². The van der Waals surface area contributed by atoms with Gasteiger partial charge in [-0.05, 0) is 0 Å². The van der Waals surface area contributed by atoms with Crippen LogP contribution >= 0.6 is 0 Å². The van der Waals surface area contributed by atoms with Gasteiger partial charge in [0.2, 0.25) is 0 Å². The minimum Gasteiger partial charge on any atom is -2.00 e. The second-order valence-corrected chi connectivity index (χ2v) is 0. The Morgan fingerprint density at radius 2 is 0.429 bits per heavy atom. The van der Waals surface area contributed by atoms with E-state index in [-0.39, 0.29) is 66.0 Å². The molecule has 0 unspecified atom stereocenters. The standard InChI is InChI=1S/2C.2Al.3O/q;;2*+3;3*-2. The third kappa shape index (κ3) is 190. The summed E-state index contributed by atoms with van der Waals surface area (Å²) in [4.78, 5) is 0. The van der Waals surface area contributed by atoms with Crippen LogP contribution in [0.5, 0.6) is 0 Å². The Hall–Kier alpha value is 0.945. The van der Waals surface area contributed by atoms with Crippen molar-refractivity contribution in [2.24, 2.45) is 0 Å². The predicted octanol–water partition coefficient (Wildman–Crippen LogP) is -0.955. The molecule has 0 aromatic rings. The third-order valence-electron chi connectivity index (χ3n) is 0. The number of rotatable bonds is 0. The molecular weight excluding hydrogens is 126 g/mol. The first-order valence-electron chi connectivity index (χ1n) is 0. The second-order valence-electron chi connectivity index (χ2n) is 0. The van der Waals surface area contributed by atoms with E-state index in [4.69, 9.17) is 0 Å². The van der Waals surface area contributed by atoms with Crippen molar-refractivity contribution in [3.05, 3.63) is 14.9 Å². The Morgan fingerprint density at radius 1 is 0.429 bits per heavy atom. The summed E-state index contributed by atoms with van der Waals surface area (Å²) in [5.41, 5.74) is 0. The normalized spacial score (nSPS) is 0. The van der Waals surface area contributed by atoms with Gasteiger partial charge in [-0.3, -0.25) is 0 Å². The van der Waals surface area contributed by atoms with E-state index in [0.29, 0.717) is 0 Å². The molecule has 0 bridgehead atoms. The van der Waals surface area contributed by atoms with Gasteiger partial charge in [0.05, 0.1) is 0 Å². The van der Waals surface area contributed by atoms with E-state index in [9.17, 15) is 0 Å². The fourth-order valence-electron chi connectivity index (χ4n) is 0. The van der Waals surface area contributed by atoms with Gasteiger partial charge in [-0.15, -0.1) is 0 Å². The van der Waals surface area contributed by atoms with Gasteiger partial charge in [0.15, 0.2) is 0 Å². The van der Waals surface area contributed by atoms with Crippen LogP contribution in [0.2, 0.25) is 0 Å². The third-order valence-corrected chi connectivity index (χ3v) is 0. The van der Waals surface area contributed by atoms with Crippen molar-refractivity contribution in [1.82, 2.24) is 0 Å². The zero-order valence-electron chi connectivity index (χ0n) is 3.38. The molecule has 0 saturated heterocycles. The molecule has 0 spiro atoms. The molecule has 0 aliphatic rings. The van der Waals surface area contributed by atoms with Gasteiger partial charge in [-0.1, -0.05) is 0 Å². The monoisotopic (exact) mass is 126 g/mol. The maximum atomic E-state index is 0. The van der Waals surface area contributed by atoms with E-state index < -0.39 is 0 Å². The molecule has 0 aliphatic heterocycles. The molecule has 8 radical (unpaired) electrons. The Morgan fingerprint density at radius 3 is 0.429 bits per heavy atom. The maximum absolute atomic E-state index is 0. The van der Waals surface area contributed by atoms with E-state index in [1.165, 1.54) is 0 Å². The molecule has 32 valence electrons. The quantitative estimate of drug-likeness (QED) is 0.374. The molecule has 0 atom stereocenters. The van der Waals surface area contributed by atoms with Gasteiger partial charge in [0.1, 0.15) is 0 Å². The molecule has 0 heterocycles. The van der Waals surface area contributed by atoms with E-state index in [1.807, 2.05) is 0 Å². The maximum Gasteiger partial charge on any atom is 3.00 e. The fraction of sp³-hybridized carbons (Fsp3) is 0. The van der Waals surface area contributed by atoms with Crippen molar-refractivity contribution in [2.45, 2.75) is 0 Å². The van der Waals surface area contributed by atoms with E-state index in [0.717, 1.165) is 0 Å². The molecule has 0 rings (SSSR count). The predicted molar refractivity (Wildman–Crippen MR) is 20.1 cm³/mol. The van der Waals surface area contributed by atoms with Crippen molar-refractivity contribution in [1.29, 1.82) is 0 Å². The van der Waals surface area contributed by atoms with Gasteiger partial charge in [-0.2, -0.15) is 0 Å². The minimum atomic E-state index is 0. The van der Waals surface area contributed by atoms with Gasteiger partial charge in [0.25, 0.3) is 0 Å². The minimum absolute atomic E-state index is 0. The average Bonchev–Trinajstić information content (AvgIpc) is 0. The Labute approximate surface area is 66.3 Å². The molecule has 7 heavy (non-hydrogen) atoms. The van der Waals surface area contributed by atoms with Crippen molar-refractivity contribution >= 4 is 34.7 Å². The van der Waals surface area contributed by atoms with Crippen LogP contribution in [0.25, 0.3) is 0 Å². The van der Waals surface area contributed by atoms with Crippen LogP contribution in [0.1, 0.15) is 0 Å². The SMILES string of the molecule is [Al+3].[Al+3].[C].[C].[O-2].[O-2].[O-2]. The van der Waals surface area contributed by atoms with E-state index in [2.05, 4.69) is 0 Å². The molecule has 0 aromatic carbocycles. The number of hydrogen-bond acceptors (Lipinski definition) is 0. The summed E-state index contributed by atoms with van der Waals surface area (Å²) in [6.45, 7) is 0. The van der Waals surface area contributed by atoms with Crippen molar-refractivity contribution in [3.63, 3.8) is 0 Å². The van der Waals surface area contributed by atoms with Gasteiger partial charge < -0.3 is 16.4 Å². The van der Waals surface area contributed by atoms with Crippen molar-refractivity contribution in [2.75, 3.05) is 0 Å². The molecule has 0 aliphatic carbocycles. The van der Waals surface area contributed by atoms with Gasteiger partial charge in [-0.25, -0.2) is 0 Å². The van der Waals surface area contributed by atoms with E-state index in [1.54, 1.807) is 0 Å². The molecule has 0 amide bonds. The molecule has 0 fully saturated rings. The summed E-state index contributed by atoms with van der Waals surface area (Å²) in [7, 11) is 0. The molecule has 0 aromatic heterocycles. The summed E-state index contributed by atoms with van der Waals surface area (Å²) in [5, 5.41) is 0. The van der Waals surface area contributed by atoms with Crippen molar-refractivity contribution < 1.29 is 16.4 Å². The van der Waals surface area contributed by atoms with E-state index >= 15 is 0 Å². The van der Waals surface area contributed by atoms with Crippen LogP contribution in [-0.4, -0.2) is 34.7 Å². The first-order valence-corrected chi connectivity index (χ1v) is 0. The Kier molecular flexibility index (Phi) is 16900. The fourth-order valence-corrected chi connectivity index (χ4v) is 0. The van der Waals surface area contributed by atoms with Crippen molar-refractivity contribution in [3.8, 4) is 0 Å². The Bertz CT molecular complexity index is 10.9. The molecule has 3 nitrogen and oxygen atoms in total. The van der Waals surface area contributed by atoms with Crippen LogP contribution in [0, 0.1) is 14.9 Å². The molecule has 0 saturated carbocycles. The summed E-state index contributed by atoms with van der Waals surface area (Å²) in [5.74, 6) is 0. The van der Waals surface area contributed by atoms with Crippen LogP contribution in [0.4, 0.5) is 0 Å². The summed E-state index contributed by atoms with van der Waals surface area (Å²) < 4.78 is 0. The summed E-state index contributed by atoms with van der Waals surface area (Å²) >= 11 is 0. The second kappa shape index (κ2) is 275. The summed E-state index contributed by atoms with van der Waals surface area (Å²) in [6, 6.07) is 0. The average molecular weight is 126 g/mol. The van der Waals surface area contributed by atoms with Crippen LogP contribution in [0.15, 0.2) is 0 Å². The van der Waals surface area contributed by atoms with Gasteiger partial charge >= 0.3 is 34.7 Å². The molecule has 5 heteroatoms. The number of hydrogen-bond donors (Lipinski definition) is 0. The first-order chi connectivity index (χ1) is 0.